The molecule has 114 valence electrons. The van der Waals surface area contributed by atoms with Gasteiger partial charge < -0.3 is 10.2 Å². The molecule has 20 heavy (non-hydrogen) atoms. The Morgan fingerprint density at radius 1 is 1.25 bits per heavy atom. The van der Waals surface area contributed by atoms with Gasteiger partial charge in [-0.1, -0.05) is 12.8 Å². The molecule has 1 amide bonds. The molecule has 0 aromatic heterocycles. The van der Waals surface area contributed by atoms with E-state index in [1.807, 2.05) is 6.92 Å². The minimum absolute atomic E-state index is 0.0913. The van der Waals surface area contributed by atoms with Crippen molar-refractivity contribution in [2.24, 2.45) is 5.92 Å². The Kier molecular flexibility index (Phi) is 3.79. The molecule has 0 radical (unpaired) electrons. The van der Waals surface area contributed by atoms with Crippen molar-refractivity contribution in [1.29, 1.82) is 0 Å². The second-order valence-electron chi connectivity index (χ2n) is 6.60. The van der Waals surface area contributed by atoms with Crippen LogP contribution in [0.4, 0.5) is 0 Å². The Morgan fingerprint density at radius 3 is 2.70 bits per heavy atom. The van der Waals surface area contributed by atoms with Crippen molar-refractivity contribution in [3.63, 3.8) is 0 Å². The summed E-state index contributed by atoms with van der Waals surface area (Å²) in [6, 6.07) is 0.221. The number of nitrogens with zero attached hydrogens (tertiary/aromatic N) is 1. The third kappa shape index (κ3) is 2.72. The molecule has 3 fully saturated rings. The summed E-state index contributed by atoms with van der Waals surface area (Å²) in [7, 11) is -2.96. The van der Waals surface area contributed by atoms with Crippen LogP contribution in [-0.4, -0.2) is 55.4 Å². The first-order valence-corrected chi connectivity index (χ1v) is 9.55. The van der Waals surface area contributed by atoms with Gasteiger partial charge >= 0.3 is 0 Å². The zero-order chi connectivity index (χ0) is 14.3. The smallest absolute Gasteiger partial charge is 0.240 e. The monoisotopic (exact) mass is 300 g/mol. The molecule has 5 nitrogen and oxygen atoms in total. The molecule has 4 atom stereocenters. The van der Waals surface area contributed by atoms with Gasteiger partial charge in [0.15, 0.2) is 9.84 Å². The van der Waals surface area contributed by atoms with Crippen molar-refractivity contribution >= 4 is 15.7 Å². The maximum Gasteiger partial charge on any atom is 0.240 e. The molecule has 0 spiro atoms. The summed E-state index contributed by atoms with van der Waals surface area (Å²) in [5.74, 6) is 0.976. The van der Waals surface area contributed by atoms with E-state index in [0.29, 0.717) is 18.5 Å². The van der Waals surface area contributed by atoms with E-state index in [0.717, 1.165) is 6.42 Å². The average Bonchev–Trinajstić information content (AvgIpc) is 2.80. The summed E-state index contributed by atoms with van der Waals surface area (Å²) in [5, 5.41) is 3.49. The number of fused-ring (bicyclic) bond motifs is 1. The van der Waals surface area contributed by atoms with Gasteiger partial charge in [0.05, 0.1) is 17.5 Å². The maximum atomic E-state index is 12.6. The van der Waals surface area contributed by atoms with Gasteiger partial charge in [-0.05, 0) is 32.1 Å². The van der Waals surface area contributed by atoms with Crippen molar-refractivity contribution in [1.82, 2.24) is 10.2 Å². The predicted octanol–water partition coefficient (Wildman–Crippen LogP) is 0.553. The lowest BCUT2D eigenvalue weighted by Crippen LogP contribution is -2.54. The molecule has 1 saturated carbocycles. The average molecular weight is 300 g/mol. The van der Waals surface area contributed by atoms with E-state index in [2.05, 4.69) is 5.32 Å². The highest BCUT2D eigenvalue weighted by molar-refractivity contribution is 7.91. The van der Waals surface area contributed by atoms with E-state index in [-0.39, 0.29) is 29.5 Å². The fourth-order valence-electron chi connectivity index (χ4n) is 4.04. The van der Waals surface area contributed by atoms with Crippen LogP contribution in [0.5, 0.6) is 0 Å². The fraction of sp³-hybridized carbons (Fsp3) is 0.929. The molecule has 6 heteroatoms. The van der Waals surface area contributed by atoms with Crippen LogP contribution in [-0.2, 0) is 14.6 Å². The summed E-state index contributed by atoms with van der Waals surface area (Å²) < 4.78 is 23.2. The third-order valence-electron chi connectivity index (χ3n) is 5.11. The summed E-state index contributed by atoms with van der Waals surface area (Å²) in [6.07, 6.45) is 5.87. The number of carbonyl (C=O) groups is 1. The first kappa shape index (κ1) is 14.3. The number of hydrogen-bond acceptors (Lipinski definition) is 4. The number of sulfone groups is 1. The van der Waals surface area contributed by atoms with Crippen molar-refractivity contribution in [2.75, 3.05) is 18.1 Å². The molecule has 0 aromatic rings. The van der Waals surface area contributed by atoms with E-state index in [9.17, 15) is 13.2 Å². The van der Waals surface area contributed by atoms with Crippen molar-refractivity contribution < 1.29 is 13.2 Å². The molecule has 4 unspecified atom stereocenters. The number of hydrogen-bond donors (Lipinski definition) is 1. The quantitative estimate of drug-likeness (QED) is 0.768. The SMILES string of the molecule is CC1CS(=O)(=O)CCN1C(=O)C1CC2CCCCC2N1. The van der Waals surface area contributed by atoms with Crippen molar-refractivity contribution in [2.45, 2.75) is 57.2 Å². The minimum Gasteiger partial charge on any atom is -0.337 e. The zero-order valence-electron chi connectivity index (χ0n) is 12.0. The summed E-state index contributed by atoms with van der Waals surface area (Å²) in [5.41, 5.74) is 0. The largest absolute Gasteiger partial charge is 0.337 e. The molecule has 2 heterocycles. The van der Waals surface area contributed by atoms with Crippen LogP contribution in [0, 0.1) is 5.92 Å². The predicted molar refractivity (Wildman–Crippen MR) is 77.1 cm³/mol. The molecule has 0 bridgehead atoms. The molecular formula is C14H24N2O3S. The van der Waals surface area contributed by atoms with Gasteiger partial charge in [0, 0.05) is 18.6 Å². The molecule has 3 aliphatic rings. The molecule has 3 rings (SSSR count). The highest BCUT2D eigenvalue weighted by Gasteiger charge is 2.41. The molecule has 2 saturated heterocycles. The Hall–Kier alpha value is -0.620. The lowest BCUT2D eigenvalue weighted by atomic mass is 9.85. The van der Waals surface area contributed by atoms with Crippen LogP contribution >= 0.6 is 0 Å². The highest BCUT2D eigenvalue weighted by Crippen LogP contribution is 2.34. The molecule has 2 aliphatic heterocycles. The van der Waals surface area contributed by atoms with E-state index < -0.39 is 9.84 Å². The summed E-state index contributed by atoms with van der Waals surface area (Å²) >= 11 is 0. The topological polar surface area (TPSA) is 66.5 Å². The van der Waals surface area contributed by atoms with Crippen LogP contribution in [0.2, 0.25) is 0 Å². The van der Waals surface area contributed by atoms with Crippen molar-refractivity contribution in [3.05, 3.63) is 0 Å². The first-order chi connectivity index (χ1) is 9.46. The molecule has 1 N–H and O–H groups in total. The molecular weight excluding hydrogens is 276 g/mol. The number of carbonyl (C=O) groups excluding carboxylic acids is 1. The Morgan fingerprint density at radius 2 is 2.00 bits per heavy atom. The van der Waals surface area contributed by atoms with Crippen LogP contribution in [0.25, 0.3) is 0 Å². The Balaban J connectivity index is 1.65. The first-order valence-electron chi connectivity index (χ1n) is 7.73. The summed E-state index contributed by atoms with van der Waals surface area (Å²) in [4.78, 5) is 14.4. The summed E-state index contributed by atoms with van der Waals surface area (Å²) in [6.45, 7) is 2.20. The normalized spacial score (nSPS) is 40.4. The van der Waals surface area contributed by atoms with Gasteiger partial charge in [0.1, 0.15) is 0 Å². The van der Waals surface area contributed by atoms with E-state index in [1.165, 1.54) is 25.7 Å². The number of nitrogens with one attached hydrogen (secondary N) is 1. The van der Waals surface area contributed by atoms with Gasteiger partial charge in [-0.25, -0.2) is 8.42 Å². The van der Waals surface area contributed by atoms with Crippen LogP contribution in [0.15, 0.2) is 0 Å². The Bertz CT molecular complexity index is 477. The van der Waals surface area contributed by atoms with Gasteiger partial charge in [0.25, 0.3) is 0 Å². The second-order valence-corrected chi connectivity index (χ2v) is 8.83. The van der Waals surface area contributed by atoms with E-state index in [4.69, 9.17) is 0 Å². The molecule has 0 aromatic carbocycles. The van der Waals surface area contributed by atoms with Gasteiger partial charge in [-0.2, -0.15) is 0 Å². The highest BCUT2D eigenvalue weighted by atomic mass is 32.2. The van der Waals surface area contributed by atoms with Gasteiger partial charge in [-0.15, -0.1) is 0 Å². The number of amides is 1. The minimum atomic E-state index is -2.96. The zero-order valence-corrected chi connectivity index (χ0v) is 12.9. The lowest BCUT2D eigenvalue weighted by molar-refractivity contribution is -0.134. The second kappa shape index (κ2) is 5.30. The standard InChI is InChI=1S/C14H24N2O3S/c1-10-9-20(18,19)7-6-16(10)14(17)13-8-11-4-2-3-5-12(11)15-13/h10-13,15H,2-9H2,1H3. The van der Waals surface area contributed by atoms with Crippen LogP contribution < -0.4 is 5.32 Å². The van der Waals surface area contributed by atoms with Crippen molar-refractivity contribution in [3.8, 4) is 0 Å². The van der Waals surface area contributed by atoms with Crippen LogP contribution in [0.3, 0.4) is 0 Å². The maximum absolute atomic E-state index is 12.6. The molecule has 1 aliphatic carbocycles. The van der Waals surface area contributed by atoms with Gasteiger partial charge in [0.2, 0.25) is 5.91 Å². The fourth-order valence-corrected chi connectivity index (χ4v) is 5.59. The Labute approximate surface area is 121 Å². The van der Waals surface area contributed by atoms with Crippen LogP contribution in [0.1, 0.15) is 39.0 Å². The van der Waals surface area contributed by atoms with Gasteiger partial charge in [-0.3, -0.25) is 4.79 Å². The lowest BCUT2D eigenvalue weighted by Gasteiger charge is -2.35. The van der Waals surface area contributed by atoms with E-state index >= 15 is 0 Å². The number of rotatable bonds is 1. The van der Waals surface area contributed by atoms with E-state index in [1.54, 1.807) is 4.90 Å². The third-order valence-corrected chi connectivity index (χ3v) is 6.91.